The highest BCUT2D eigenvalue weighted by molar-refractivity contribution is 5.98. The van der Waals surface area contributed by atoms with Crippen LogP contribution in [0.25, 0.3) is 5.69 Å². The first-order valence-corrected chi connectivity index (χ1v) is 6.74. The zero-order valence-electron chi connectivity index (χ0n) is 11.6. The van der Waals surface area contributed by atoms with E-state index in [2.05, 4.69) is 38.0 Å². The SMILES string of the molecule is Cc1cccc(-n2ncc3c2C[C@@H](C)CC3=O)c1C. The molecule has 0 bridgehead atoms. The first kappa shape index (κ1) is 12.2. The summed E-state index contributed by atoms with van der Waals surface area (Å²) in [7, 11) is 0. The molecule has 98 valence electrons. The maximum Gasteiger partial charge on any atom is 0.166 e. The molecule has 1 aromatic carbocycles. The minimum Gasteiger partial charge on any atom is -0.294 e. The number of hydrogen-bond donors (Lipinski definition) is 0. The van der Waals surface area contributed by atoms with Crippen molar-refractivity contribution in [3.63, 3.8) is 0 Å². The fraction of sp³-hybridized carbons (Fsp3) is 0.375. The number of ketones is 1. The molecule has 1 aliphatic carbocycles. The van der Waals surface area contributed by atoms with Gasteiger partial charge in [0.1, 0.15) is 0 Å². The van der Waals surface area contributed by atoms with Crippen LogP contribution in [0.1, 0.15) is 40.5 Å². The largest absolute Gasteiger partial charge is 0.294 e. The number of aromatic nitrogens is 2. The van der Waals surface area contributed by atoms with Crippen molar-refractivity contribution >= 4 is 5.78 Å². The number of fused-ring (bicyclic) bond motifs is 1. The molecule has 1 aromatic heterocycles. The minimum absolute atomic E-state index is 0.227. The highest BCUT2D eigenvalue weighted by Gasteiger charge is 2.27. The Hall–Kier alpha value is -1.90. The first-order valence-electron chi connectivity index (χ1n) is 6.74. The summed E-state index contributed by atoms with van der Waals surface area (Å²) in [6.07, 6.45) is 3.30. The third kappa shape index (κ3) is 1.89. The van der Waals surface area contributed by atoms with Crippen LogP contribution in [0.2, 0.25) is 0 Å². The summed E-state index contributed by atoms with van der Waals surface area (Å²) in [5, 5.41) is 4.45. The van der Waals surface area contributed by atoms with E-state index in [1.165, 1.54) is 11.1 Å². The summed E-state index contributed by atoms with van der Waals surface area (Å²) in [5.74, 6) is 0.630. The van der Waals surface area contributed by atoms with E-state index in [0.29, 0.717) is 12.3 Å². The van der Waals surface area contributed by atoms with E-state index >= 15 is 0 Å². The molecule has 3 heteroatoms. The molecule has 0 amide bonds. The quantitative estimate of drug-likeness (QED) is 0.783. The van der Waals surface area contributed by atoms with Crippen LogP contribution in [0.15, 0.2) is 24.4 Å². The van der Waals surface area contributed by atoms with Crippen LogP contribution in [-0.2, 0) is 6.42 Å². The molecule has 0 N–H and O–H groups in total. The molecule has 2 aromatic rings. The third-order valence-electron chi connectivity index (χ3n) is 4.05. The maximum atomic E-state index is 12.0. The Bertz CT molecular complexity index is 655. The van der Waals surface area contributed by atoms with Gasteiger partial charge in [-0.15, -0.1) is 0 Å². The van der Waals surface area contributed by atoms with Crippen LogP contribution in [0, 0.1) is 19.8 Å². The number of Topliss-reactive ketones (excluding diaryl/α,β-unsaturated/α-hetero) is 1. The smallest absolute Gasteiger partial charge is 0.166 e. The van der Waals surface area contributed by atoms with E-state index in [1.54, 1.807) is 6.20 Å². The van der Waals surface area contributed by atoms with Gasteiger partial charge < -0.3 is 0 Å². The second-order valence-corrected chi connectivity index (χ2v) is 5.57. The highest BCUT2D eigenvalue weighted by atomic mass is 16.1. The Labute approximate surface area is 113 Å². The van der Waals surface area contributed by atoms with Gasteiger partial charge in [0.25, 0.3) is 0 Å². The van der Waals surface area contributed by atoms with Crippen molar-refractivity contribution in [3.05, 3.63) is 46.8 Å². The molecule has 0 saturated heterocycles. The van der Waals surface area contributed by atoms with Gasteiger partial charge in [0, 0.05) is 6.42 Å². The van der Waals surface area contributed by atoms with E-state index in [-0.39, 0.29) is 5.78 Å². The van der Waals surface area contributed by atoms with Gasteiger partial charge in [-0.05, 0) is 43.4 Å². The molecule has 0 radical (unpaired) electrons. The summed E-state index contributed by atoms with van der Waals surface area (Å²) >= 11 is 0. The highest BCUT2D eigenvalue weighted by Crippen LogP contribution is 2.28. The molecule has 1 aliphatic rings. The van der Waals surface area contributed by atoms with Gasteiger partial charge in [-0.25, -0.2) is 4.68 Å². The first-order chi connectivity index (χ1) is 9.08. The van der Waals surface area contributed by atoms with E-state index in [9.17, 15) is 4.79 Å². The summed E-state index contributed by atoms with van der Waals surface area (Å²) in [6, 6.07) is 6.21. The lowest BCUT2D eigenvalue weighted by Gasteiger charge is -2.19. The number of carbonyl (C=O) groups excluding carboxylic acids is 1. The lowest BCUT2D eigenvalue weighted by Crippen LogP contribution is -2.19. The van der Waals surface area contributed by atoms with Crippen molar-refractivity contribution in [1.82, 2.24) is 9.78 Å². The Morgan fingerprint density at radius 3 is 2.84 bits per heavy atom. The van der Waals surface area contributed by atoms with Crippen LogP contribution < -0.4 is 0 Å². The zero-order chi connectivity index (χ0) is 13.6. The Kier molecular flexibility index (Phi) is 2.77. The maximum absolute atomic E-state index is 12.0. The second-order valence-electron chi connectivity index (χ2n) is 5.57. The van der Waals surface area contributed by atoms with Crippen LogP contribution in [0.4, 0.5) is 0 Å². The van der Waals surface area contributed by atoms with Crippen molar-refractivity contribution in [3.8, 4) is 5.69 Å². The van der Waals surface area contributed by atoms with Gasteiger partial charge in [-0.2, -0.15) is 5.10 Å². The molecule has 0 fully saturated rings. The average molecular weight is 254 g/mol. The molecular weight excluding hydrogens is 236 g/mol. The number of aryl methyl sites for hydroxylation is 1. The molecule has 0 saturated carbocycles. The number of hydrogen-bond acceptors (Lipinski definition) is 2. The van der Waals surface area contributed by atoms with Crippen LogP contribution >= 0.6 is 0 Å². The monoisotopic (exact) mass is 254 g/mol. The van der Waals surface area contributed by atoms with Crippen LogP contribution in [0.5, 0.6) is 0 Å². The number of carbonyl (C=O) groups is 1. The summed E-state index contributed by atoms with van der Waals surface area (Å²) < 4.78 is 1.95. The summed E-state index contributed by atoms with van der Waals surface area (Å²) in [4.78, 5) is 12.0. The molecule has 1 atom stereocenters. The lowest BCUT2D eigenvalue weighted by molar-refractivity contribution is 0.0952. The lowest BCUT2D eigenvalue weighted by atomic mass is 9.88. The van der Waals surface area contributed by atoms with Gasteiger partial charge >= 0.3 is 0 Å². The van der Waals surface area contributed by atoms with Gasteiger partial charge in [0.2, 0.25) is 0 Å². The third-order valence-corrected chi connectivity index (χ3v) is 4.05. The molecule has 1 heterocycles. The zero-order valence-corrected chi connectivity index (χ0v) is 11.6. The summed E-state index contributed by atoms with van der Waals surface area (Å²) in [6.45, 7) is 6.33. The van der Waals surface area contributed by atoms with Crippen molar-refractivity contribution in [2.75, 3.05) is 0 Å². The second kappa shape index (κ2) is 4.34. The van der Waals surface area contributed by atoms with E-state index in [1.807, 2.05) is 10.7 Å². The van der Waals surface area contributed by atoms with Gasteiger partial charge in [-0.3, -0.25) is 4.79 Å². The average Bonchev–Trinajstić information content (AvgIpc) is 2.76. The number of rotatable bonds is 1. The standard InChI is InChI=1S/C16H18N2O/c1-10-7-15-13(16(19)8-10)9-17-18(15)14-6-4-5-11(2)12(14)3/h4-6,9-10H,7-8H2,1-3H3/t10-/m1/s1. The Morgan fingerprint density at radius 1 is 1.26 bits per heavy atom. The van der Waals surface area contributed by atoms with Crippen LogP contribution in [-0.4, -0.2) is 15.6 Å². The Morgan fingerprint density at radius 2 is 2.05 bits per heavy atom. The molecule has 3 rings (SSSR count). The minimum atomic E-state index is 0.227. The predicted octanol–water partition coefficient (Wildman–Crippen LogP) is 3.25. The number of nitrogens with zero attached hydrogens (tertiary/aromatic N) is 2. The number of benzene rings is 1. The molecule has 3 nitrogen and oxygen atoms in total. The normalized spacial score (nSPS) is 18.5. The van der Waals surface area contributed by atoms with Crippen molar-refractivity contribution in [1.29, 1.82) is 0 Å². The molecule has 0 aliphatic heterocycles. The van der Waals surface area contributed by atoms with Crippen molar-refractivity contribution < 1.29 is 4.79 Å². The predicted molar refractivity (Wildman–Crippen MR) is 74.9 cm³/mol. The fourth-order valence-electron chi connectivity index (χ4n) is 2.80. The molecule has 19 heavy (non-hydrogen) atoms. The van der Waals surface area contributed by atoms with Crippen molar-refractivity contribution in [2.45, 2.75) is 33.6 Å². The Balaban J connectivity index is 2.18. The molecular formula is C16H18N2O. The van der Waals surface area contributed by atoms with E-state index in [0.717, 1.165) is 23.4 Å². The van der Waals surface area contributed by atoms with Gasteiger partial charge in [0.15, 0.2) is 5.78 Å². The van der Waals surface area contributed by atoms with E-state index in [4.69, 9.17) is 0 Å². The topological polar surface area (TPSA) is 34.9 Å². The van der Waals surface area contributed by atoms with Crippen LogP contribution in [0.3, 0.4) is 0 Å². The molecule has 0 spiro atoms. The van der Waals surface area contributed by atoms with Gasteiger partial charge in [-0.1, -0.05) is 19.1 Å². The van der Waals surface area contributed by atoms with E-state index < -0.39 is 0 Å². The van der Waals surface area contributed by atoms with Gasteiger partial charge in [0.05, 0.1) is 23.1 Å². The van der Waals surface area contributed by atoms with Crippen molar-refractivity contribution in [2.24, 2.45) is 5.92 Å². The fourth-order valence-corrected chi connectivity index (χ4v) is 2.80. The summed E-state index contributed by atoms with van der Waals surface area (Å²) in [5.41, 5.74) is 5.43. The molecule has 0 unspecified atom stereocenters.